The summed E-state index contributed by atoms with van der Waals surface area (Å²) >= 11 is 0. The van der Waals surface area contributed by atoms with Crippen LogP contribution in [0.3, 0.4) is 0 Å². The predicted octanol–water partition coefficient (Wildman–Crippen LogP) is 0.696. The molecular weight excluding hydrogens is 196 g/mol. The molecule has 0 atom stereocenters. The fourth-order valence-electron chi connectivity index (χ4n) is 1.72. The van der Waals surface area contributed by atoms with Gasteiger partial charge in [-0.2, -0.15) is 0 Å². The third kappa shape index (κ3) is 1.65. The number of carbonyl (C=O) groups is 1. The lowest BCUT2D eigenvalue weighted by atomic mass is 9.87. The summed E-state index contributed by atoms with van der Waals surface area (Å²) in [6, 6.07) is 6.62. The molecule has 78 valence electrons. The Balaban J connectivity index is 2.59. The Kier molecular flexibility index (Phi) is 2.10. The highest BCUT2D eigenvalue weighted by atomic mass is 16.5. The molecule has 0 saturated heterocycles. The molecule has 0 spiro atoms. The van der Waals surface area contributed by atoms with E-state index in [0.29, 0.717) is 11.1 Å². The molecule has 0 fully saturated rings. The van der Waals surface area contributed by atoms with Crippen LogP contribution in [0.25, 0.3) is 6.08 Å². The zero-order valence-corrected chi connectivity index (χ0v) is 7.84. The van der Waals surface area contributed by atoms with Crippen LogP contribution in [0, 0.1) is 0 Å². The van der Waals surface area contributed by atoms with Gasteiger partial charge in [-0.3, -0.25) is 0 Å². The molecule has 15 heavy (non-hydrogen) atoms. The molecule has 0 unspecified atom stereocenters. The fraction of sp³-hybridized carbons (Fsp3) is 0.182. The number of aliphatic hydroxyl groups is 2. The zero-order chi connectivity index (χ0) is 11.1. The lowest BCUT2D eigenvalue weighted by Crippen LogP contribution is -2.30. The van der Waals surface area contributed by atoms with E-state index in [1.165, 1.54) is 6.08 Å². The summed E-state index contributed by atoms with van der Waals surface area (Å²) in [5, 5.41) is 28.2. The van der Waals surface area contributed by atoms with Gasteiger partial charge in [-0.15, -0.1) is 0 Å². The maximum atomic E-state index is 10.8. The minimum atomic E-state index is -2.08. The van der Waals surface area contributed by atoms with E-state index < -0.39 is 11.8 Å². The SMILES string of the molecule is O=C(O)C1=Cc2ccccc2C(O)(O)C1. The van der Waals surface area contributed by atoms with Gasteiger partial charge in [0.05, 0.1) is 0 Å². The molecule has 4 heteroatoms. The number of carboxylic acid groups (broad SMARTS) is 1. The van der Waals surface area contributed by atoms with E-state index in [-0.39, 0.29) is 12.0 Å². The third-order valence-corrected chi connectivity index (χ3v) is 2.43. The van der Waals surface area contributed by atoms with Crippen LogP contribution in [-0.4, -0.2) is 21.3 Å². The highest BCUT2D eigenvalue weighted by Gasteiger charge is 2.34. The maximum absolute atomic E-state index is 10.8. The Morgan fingerprint density at radius 3 is 2.60 bits per heavy atom. The first-order valence-corrected chi connectivity index (χ1v) is 4.49. The van der Waals surface area contributed by atoms with E-state index in [2.05, 4.69) is 0 Å². The summed E-state index contributed by atoms with van der Waals surface area (Å²) in [7, 11) is 0. The second kappa shape index (κ2) is 3.18. The number of benzene rings is 1. The maximum Gasteiger partial charge on any atom is 0.331 e. The summed E-state index contributed by atoms with van der Waals surface area (Å²) in [5.41, 5.74) is 0.875. The van der Waals surface area contributed by atoms with Crippen molar-refractivity contribution < 1.29 is 20.1 Å². The van der Waals surface area contributed by atoms with Crippen LogP contribution in [-0.2, 0) is 10.6 Å². The normalized spacial score (nSPS) is 17.9. The van der Waals surface area contributed by atoms with E-state index in [1.54, 1.807) is 24.3 Å². The van der Waals surface area contributed by atoms with Crippen molar-refractivity contribution in [3.8, 4) is 0 Å². The van der Waals surface area contributed by atoms with Crippen molar-refractivity contribution in [3.63, 3.8) is 0 Å². The Labute approximate surface area is 86.1 Å². The smallest absolute Gasteiger partial charge is 0.331 e. The van der Waals surface area contributed by atoms with Crippen LogP contribution in [0.1, 0.15) is 17.5 Å². The largest absolute Gasteiger partial charge is 0.478 e. The average Bonchev–Trinajstić information content (AvgIpc) is 2.16. The molecule has 0 aliphatic heterocycles. The summed E-state index contributed by atoms with van der Waals surface area (Å²) in [6.45, 7) is 0. The molecule has 0 heterocycles. The standard InChI is InChI=1S/C11H10O4/c12-10(13)8-5-7-3-1-2-4-9(7)11(14,15)6-8/h1-5,14-15H,6H2,(H,12,13). The summed E-state index contributed by atoms with van der Waals surface area (Å²) in [4.78, 5) is 10.8. The van der Waals surface area contributed by atoms with Gasteiger partial charge in [0.1, 0.15) is 0 Å². The van der Waals surface area contributed by atoms with E-state index in [4.69, 9.17) is 5.11 Å². The van der Waals surface area contributed by atoms with Gasteiger partial charge in [-0.05, 0) is 11.6 Å². The van der Waals surface area contributed by atoms with Crippen LogP contribution in [0.2, 0.25) is 0 Å². The summed E-state index contributed by atoms with van der Waals surface area (Å²) in [6.07, 6.45) is 1.17. The van der Waals surface area contributed by atoms with Crippen molar-refractivity contribution in [2.75, 3.05) is 0 Å². The van der Waals surface area contributed by atoms with Crippen LogP contribution in [0.5, 0.6) is 0 Å². The van der Waals surface area contributed by atoms with E-state index in [1.807, 2.05) is 0 Å². The van der Waals surface area contributed by atoms with Gasteiger partial charge in [0, 0.05) is 17.6 Å². The molecule has 0 amide bonds. The summed E-state index contributed by atoms with van der Waals surface area (Å²) in [5.74, 6) is -3.21. The molecule has 1 aromatic carbocycles. The zero-order valence-electron chi connectivity index (χ0n) is 7.84. The predicted molar refractivity (Wildman–Crippen MR) is 52.8 cm³/mol. The van der Waals surface area contributed by atoms with Crippen molar-refractivity contribution in [1.82, 2.24) is 0 Å². The molecule has 1 aromatic rings. The van der Waals surface area contributed by atoms with Crippen LogP contribution >= 0.6 is 0 Å². The van der Waals surface area contributed by atoms with E-state index >= 15 is 0 Å². The topological polar surface area (TPSA) is 77.8 Å². The molecule has 0 bridgehead atoms. The molecular formula is C11H10O4. The number of fused-ring (bicyclic) bond motifs is 1. The molecule has 3 N–H and O–H groups in total. The average molecular weight is 206 g/mol. The van der Waals surface area contributed by atoms with Gasteiger partial charge in [0.25, 0.3) is 0 Å². The Bertz CT molecular complexity index is 446. The first-order chi connectivity index (χ1) is 7.00. The van der Waals surface area contributed by atoms with E-state index in [9.17, 15) is 15.0 Å². The molecule has 0 aromatic heterocycles. The van der Waals surface area contributed by atoms with Gasteiger partial charge in [-0.25, -0.2) is 4.79 Å². The number of rotatable bonds is 1. The van der Waals surface area contributed by atoms with Crippen LogP contribution < -0.4 is 0 Å². The van der Waals surface area contributed by atoms with Crippen molar-refractivity contribution in [2.45, 2.75) is 12.2 Å². The third-order valence-electron chi connectivity index (χ3n) is 2.43. The van der Waals surface area contributed by atoms with Gasteiger partial charge in [0.15, 0.2) is 5.79 Å². The van der Waals surface area contributed by atoms with Gasteiger partial charge < -0.3 is 15.3 Å². The van der Waals surface area contributed by atoms with Crippen LogP contribution in [0.15, 0.2) is 29.8 Å². The second-order valence-corrected chi connectivity index (χ2v) is 3.56. The monoisotopic (exact) mass is 206 g/mol. The van der Waals surface area contributed by atoms with Crippen molar-refractivity contribution >= 4 is 12.0 Å². The number of aliphatic carboxylic acids is 1. The first kappa shape index (κ1) is 9.89. The minimum absolute atomic E-state index is 0.00120. The Morgan fingerprint density at radius 1 is 1.27 bits per heavy atom. The van der Waals surface area contributed by atoms with Crippen molar-refractivity contribution in [1.29, 1.82) is 0 Å². The van der Waals surface area contributed by atoms with Gasteiger partial charge >= 0.3 is 5.97 Å². The Hall–Kier alpha value is -1.65. The van der Waals surface area contributed by atoms with Crippen molar-refractivity contribution in [3.05, 3.63) is 41.0 Å². The minimum Gasteiger partial charge on any atom is -0.478 e. The Morgan fingerprint density at radius 2 is 1.93 bits per heavy atom. The highest BCUT2D eigenvalue weighted by Crippen LogP contribution is 2.34. The van der Waals surface area contributed by atoms with Crippen LogP contribution in [0.4, 0.5) is 0 Å². The highest BCUT2D eigenvalue weighted by molar-refractivity contribution is 5.93. The number of carboxylic acids is 1. The lowest BCUT2D eigenvalue weighted by molar-refractivity contribution is -0.172. The van der Waals surface area contributed by atoms with Gasteiger partial charge in [0.2, 0.25) is 0 Å². The number of hydrogen-bond acceptors (Lipinski definition) is 3. The van der Waals surface area contributed by atoms with E-state index in [0.717, 1.165) is 0 Å². The second-order valence-electron chi connectivity index (χ2n) is 3.56. The summed E-state index contributed by atoms with van der Waals surface area (Å²) < 4.78 is 0. The number of hydrogen-bond donors (Lipinski definition) is 3. The van der Waals surface area contributed by atoms with Gasteiger partial charge in [-0.1, -0.05) is 24.3 Å². The molecule has 4 nitrogen and oxygen atoms in total. The molecule has 2 rings (SSSR count). The molecule has 1 aliphatic carbocycles. The quantitative estimate of drug-likeness (QED) is 0.591. The lowest BCUT2D eigenvalue weighted by Gasteiger charge is -2.28. The molecule has 1 aliphatic rings. The fourth-order valence-corrected chi connectivity index (χ4v) is 1.72. The first-order valence-electron chi connectivity index (χ1n) is 4.49. The van der Waals surface area contributed by atoms with Crippen molar-refractivity contribution in [2.24, 2.45) is 0 Å². The molecule has 0 radical (unpaired) electrons. The molecule has 0 saturated carbocycles.